The largest absolute Gasteiger partial charge is 0.462 e. The molecule has 0 heterocycles. The predicted octanol–water partition coefficient (Wildman–Crippen LogP) is 19.0. The van der Waals surface area contributed by atoms with Gasteiger partial charge in [-0.05, 0) is 25.2 Å². The van der Waals surface area contributed by atoms with Crippen LogP contribution in [0.5, 0.6) is 0 Å². The summed E-state index contributed by atoms with van der Waals surface area (Å²) in [6.07, 6.45) is 56.7. The third-order valence-corrected chi connectivity index (χ3v) is 13.7. The summed E-state index contributed by atoms with van der Waals surface area (Å²) in [5.74, 6) is -0.0262. The maximum atomic E-state index is 12.8. The van der Waals surface area contributed by atoms with Gasteiger partial charge in [0.15, 0.2) is 6.10 Å². The Hall–Kier alpha value is -1.59. The van der Waals surface area contributed by atoms with E-state index in [-0.39, 0.29) is 31.1 Å². The predicted molar refractivity (Wildman–Crippen MR) is 275 cm³/mol. The van der Waals surface area contributed by atoms with Gasteiger partial charge in [-0.2, -0.15) is 0 Å². The first kappa shape index (κ1) is 62.4. The van der Waals surface area contributed by atoms with Gasteiger partial charge in [0.1, 0.15) is 13.2 Å². The summed E-state index contributed by atoms with van der Waals surface area (Å²) in [6, 6.07) is 0. The average molecular weight is 906 g/mol. The van der Waals surface area contributed by atoms with E-state index >= 15 is 0 Å². The molecule has 64 heavy (non-hydrogen) atoms. The van der Waals surface area contributed by atoms with Crippen molar-refractivity contribution in [1.82, 2.24) is 0 Å². The normalized spacial score (nSPS) is 12.4. The minimum absolute atomic E-state index is 0.0628. The van der Waals surface area contributed by atoms with Crippen LogP contribution in [0, 0.1) is 5.92 Å². The SMILES string of the molecule is CCCCCCCCCCCCCCCCCCCCCC(=O)O[C@H](COC(=O)CCCCCCCCCCCCCCCCCCC)COC(=O)CCCCCCCCC(C)CC. The van der Waals surface area contributed by atoms with Gasteiger partial charge in [0, 0.05) is 19.3 Å². The van der Waals surface area contributed by atoms with Crippen molar-refractivity contribution >= 4 is 17.9 Å². The zero-order chi connectivity index (χ0) is 46.7. The van der Waals surface area contributed by atoms with Gasteiger partial charge in [-0.1, -0.05) is 291 Å². The van der Waals surface area contributed by atoms with Gasteiger partial charge in [0.2, 0.25) is 0 Å². The molecule has 0 saturated carbocycles. The zero-order valence-corrected chi connectivity index (χ0v) is 43.8. The van der Waals surface area contributed by atoms with Crippen molar-refractivity contribution < 1.29 is 28.6 Å². The monoisotopic (exact) mass is 905 g/mol. The first-order valence-electron chi connectivity index (χ1n) is 28.9. The van der Waals surface area contributed by atoms with Gasteiger partial charge >= 0.3 is 17.9 Å². The molecule has 0 aromatic heterocycles. The van der Waals surface area contributed by atoms with Gasteiger partial charge < -0.3 is 14.2 Å². The molecule has 0 fully saturated rings. The molecular weight excluding hydrogens is 793 g/mol. The molecule has 1 unspecified atom stereocenters. The van der Waals surface area contributed by atoms with Crippen LogP contribution >= 0.6 is 0 Å². The van der Waals surface area contributed by atoms with E-state index in [4.69, 9.17) is 14.2 Å². The fourth-order valence-electron chi connectivity index (χ4n) is 8.89. The van der Waals surface area contributed by atoms with Crippen LogP contribution in [-0.2, 0) is 28.6 Å². The van der Waals surface area contributed by atoms with E-state index in [9.17, 15) is 14.4 Å². The van der Waals surface area contributed by atoms with E-state index in [0.717, 1.165) is 63.7 Å². The molecule has 6 heteroatoms. The molecule has 0 spiro atoms. The van der Waals surface area contributed by atoms with Crippen molar-refractivity contribution in [2.75, 3.05) is 13.2 Å². The maximum absolute atomic E-state index is 12.8. The van der Waals surface area contributed by atoms with E-state index in [1.54, 1.807) is 0 Å². The maximum Gasteiger partial charge on any atom is 0.306 e. The zero-order valence-electron chi connectivity index (χ0n) is 43.8. The molecule has 0 aliphatic heterocycles. The molecule has 0 aromatic carbocycles. The Morgan fingerprint density at radius 2 is 0.547 bits per heavy atom. The summed E-state index contributed by atoms with van der Waals surface area (Å²) in [5.41, 5.74) is 0. The van der Waals surface area contributed by atoms with Gasteiger partial charge in [0.05, 0.1) is 0 Å². The van der Waals surface area contributed by atoms with Gasteiger partial charge in [-0.25, -0.2) is 0 Å². The molecule has 6 nitrogen and oxygen atoms in total. The Balaban J connectivity index is 4.24. The molecule has 380 valence electrons. The molecule has 0 aliphatic rings. The van der Waals surface area contributed by atoms with Crippen LogP contribution in [0.1, 0.15) is 329 Å². The number of ether oxygens (including phenoxy) is 3. The third-order valence-electron chi connectivity index (χ3n) is 13.7. The average Bonchev–Trinajstić information content (AvgIpc) is 3.29. The Morgan fingerprint density at radius 1 is 0.312 bits per heavy atom. The standard InChI is InChI=1S/C58H112O6/c1-5-8-10-12-14-16-18-20-22-24-25-27-29-31-33-35-37-43-47-51-58(61)64-55(53-63-57(60)50-46-42-39-38-40-44-48-54(4)7-3)52-62-56(59)49-45-41-36-34-32-30-28-26-23-21-19-17-15-13-11-9-6-2/h54-55H,5-53H2,1-4H3/t54?,55-/m1/s1. The minimum Gasteiger partial charge on any atom is -0.462 e. The van der Waals surface area contributed by atoms with Gasteiger partial charge in [0.25, 0.3) is 0 Å². The Bertz CT molecular complexity index is 966. The van der Waals surface area contributed by atoms with E-state index in [0.29, 0.717) is 19.3 Å². The molecule has 0 saturated heterocycles. The Kier molecular flexibility index (Phi) is 51.1. The van der Waals surface area contributed by atoms with Crippen LogP contribution in [0.3, 0.4) is 0 Å². The molecule has 0 aromatic rings. The second-order valence-electron chi connectivity index (χ2n) is 20.2. The van der Waals surface area contributed by atoms with Gasteiger partial charge in [-0.15, -0.1) is 0 Å². The lowest BCUT2D eigenvalue weighted by Crippen LogP contribution is -2.30. The number of hydrogen-bond donors (Lipinski definition) is 0. The summed E-state index contributed by atoms with van der Waals surface area (Å²) in [7, 11) is 0. The second-order valence-corrected chi connectivity index (χ2v) is 20.2. The third kappa shape index (κ3) is 49.8. The smallest absolute Gasteiger partial charge is 0.306 e. The summed E-state index contributed by atoms with van der Waals surface area (Å²) in [5, 5.41) is 0. The molecule has 0 N–H and O–H groups in total. The fourth-order valence-corrected chi connectivity index (χ4v) is 8.89. The Morgan fingerprint density at radius 3 is 0.812 bits per heavy atom. The highest BCUT2D eigenvalue weighted by atomic mass is 16.6. The number of carbonyl (C=O) groups excluding carboxylic acids is 3. The number of hydrogen-bond acceptors (Lipinski definition) is 6. The lowest BCUT2D eigenvalue weighted by atomic mass is 10.00. The van der Waals surface area contributed by atoms with E-state index in [1.807, 2.05) is 0 Å². The van der Waals surface area contributed by atoms with Crippen LogP contribution in [0.2, 0.25) is 0 Å². The first-order valence-corrected chi connectivity index (χ1v) is 28.9. The van der Waals surface area contributed by atoms with Crippen LogP contribution in [0.25, 0.3) is 0 Å². The minimum atomic E-state index is -0.762. The van der Waals surface area contributed by atoms with Crippen LogP contribution in [0.15, 0.2) is 0 Å². The number of unbranched alkanes of at least 4 members (excludes halogenated alkanes) is 39. The molecular formula is C58H112O6. The topological polar surface area (TPSA) is 78.9 Å². The van der Waals surface area contributed by atoms with Crippen molar-refractivity contribution in [3.63, 3.8) is 0 Å². The molecule has 0 amide bonds. The summed E-state index contributed by atoms with van der Waals surface area (Å²) in [6.45, 7) is 9.03. The molecule has 2 atom stereocenters. The van der Waals surface area contributed by atoms with Crippen LogP contribution in [-0.4, -0.2) is 37.2 Å². The van der Waals surface area contributed by atoms with Crippen molar-refractivity contribution in [3.8, 4) is 0 Å². The Labute approximate surface area is 399 Å². The second kappa shape index (κ2) is 52.4. The highest BCUT2D eigenvalue weighted by Crippen LogP contribution is 2.18. The number of rotatable bonds is 53. The lowest BCUT2D eigenvalue weighted by Gasteiger charge is -2.18. The van der Waals surface area contributed by atoms with E-state index in [1.165, 1.54) is 225 Å². The first-order chi connectivity index (χ1) is 31.4. The highest BCUT2D eigenvalue weighted by molar-refractivity contribution is 5.71. The molecule has 0 aliphatic carbocycles. The quantitative estimate of drug-likeness (QED) is 0.0344. The van der Waals surface area contributed by atoms with Crippen molar-refractivity contribution in [3.05, 3.63) is 0 Å². The highest BCUT2D eigenvalue weighted by Gasteiger charge is 2.19. The fraction of sp³-hybridized carbons (Fsp3) is 0.948. The van der Waals surface area contributed by atoms with Crippen molar-refractivity contribution in [2.45, 2.75) is 336 Å². The van der Waals surface area contributed by atoms with Crippen molar-refractivity contribution in [2.24, 2.45) is 5.92 Å². The van der Waals surface area contributed by atoms with Crippen LogP contribution in [0.4, 0.5) is 0 Å². The summed E-state index contributed by atoms with van der Waals surface area (Å²) in [4.78, 5) is 38.1. The molecule has 0 bridgehead atoms. The van der Waals surface area contributed by atoms with E-state index < -0.39 is 6.10 Å². The van der Waals surface area contributed by atoms with Crippen molar-refractivity contribution in [1.29, 1.82) is 0 Å². The van der Waals surface area contributed by atoms with E-state index in [2.05, 4.69) is 27.7 Å². The van der Waals surface area contributed by atoms with Gasteiger partial charge in [-0.3, -0.25) is 14.4 Å². The summed E-state index contributed by atoms with van der Waals surface area (Å²) >= 11 is 0. The molecule has 0 rings (SSSR count). The number of carbonyl (C=O) groups is 3. The van der Waals surface area contributed by atoms with Crippen LogP contribution < -0.4 is 0 Å². The summed E-state index contributed by atoms with van der Waals surface area (Å²) < 4.78 is 16.9. The molecule has 0 radical (unpaired) electrons. The number of esters is 3. The lowest BCUT2D eigenvalue weighted by molar-refractivity contribution is -0.167.